The molecule has 0 bridgehead atoms. The predicted octanol–water partition coefficient (Wildman–Crippen LogP) is 5.08. The summed E-state index contributed by atoms with van der Waals surface area (Å²) in [6.07, 6.45) is 19.8. The fourth-order valence-electron chi connectivity index (χ4n) is 3.02. The van der Waals surface area contributed by atoms with Gasteiger partial charge >= 0.3 is 0 Å². The summed E-state index contributed by atoms with van der Waals surface area (Å²) in [5.41, 5.74) is 12.3. The Morgan fingerprint density at radius 1 is 0.609 bits per heavy atom. The van der Waals surface area contributed by atoms with Crippen LogP contribution in [0.25, 0.3) is 0 Å². The van der Waals surface area contributed by atoms with Crippen LogP contribution in [0.2, 0.25) is 0 Å². The van der Waals surface area contributed by atoms with Gasteiger partial charge in [0.1, 0.15) is 0 Å². The van der Waals surface area contributed by atoms with E-state index in [0.29, 0.717) is 0 Å². The topological polar surface area (TPSA) is 64.1 Å². The maximum Gasteiger partial charge on any atom is 0.0546 e. The van der Waals surface area contributed by atoms with Gasteiger partial charge in [0.05, 0.1) is 6.17 Å². The maximum atomic E-state index is 6.17. The fourth-order valence-corrected chi connectivity index (χ4v) is 3.02. The zero-order valence-corrected chi connectivity index (χ0v) is 16.1. The highest BCUT2D eigenvalue weighted by molar-refractivity contribution is 4.68. The number of hydrogen-bond acceptors (Lipinski definition) is 3. The molecule has 0 heterocycles. The maximum absolute atomic E-state index is 6.17. The van der Waals surface area contributed by atoms with Gasteiger partial charge in [-0.2, -0.15) is 0 Å². The highest BCUT2D eigenvalue weighted by atomic mass is 15.0. The minimum atomic E-state index is 0.126. The van der Waals surface area contributed by atoms with Crippen molar-refractivity contribution in [3.05, 3.63) is 0 Å². The van der Waals surface area contributed by atoms with Crippen molar-refractivity contribution in [2.75, 3.05) is 6.54 Å². The number of unbranched alkanes of at least 4 members (excludes halogenated alkanes) is 11. The van der Waals surface area contributed by atoms with Crippen LogP contribution in [0, 0.1) is 0 Å². The van der Waals surface area contributed by atoms with E-state index in [4.69, 9.17) is 11.5 Å². The normalized spacial score (nSPS) is 14.1. The second-order valence-corrected chi connectivity index (χ2v) is 7.24. The van der Waals surface area contributed by atoms with Crippen molar-refractivity contribution in [2.45, 2.75) is 122 Å². The lowest BCUT2D eigenvalue weighted by molar-refractivity contribution is 0.427. The summed E-state index contributed by atoms with van der Waals surface area (Å²) in [5.74, 6) is 0. The first-order valence-corrected chi connectivity index (χ1v) is 10.4. The quantitative estimate of drug-likeness (QED) is 0.243. The molecular weight excluding hydrogens is 282 g/mol. The van der Waals surface area contributed by atoms with E-state index in [1.54, 1.807) is 0 Å². The molecule has 0 aromatic carbocycles. The van der Waals surface area contributed by atoms with Crippen LogP contribution in [-0.4, -0.2) is 18.8 Å². The second-order valence-electron chi connectivity index (χ2n) is 7.24. The van der Waals surface area contributed by atoms with Gasteiger partial charge in [-0.05, 0) is 12.8 Å². The van der Waals surface area contributed by atoms with Crippen molar-refractivity contribution in [1.82, 2.24) is 5.32 Å². The number of nitrogens with one attached hydrogen (secondary N) is 1. The summed E-state index contributed by atoms with van der Waals surface area (Å²) in [4.78, 5) is 0. The molecule has 0 saturated heterocycles. The van der Waals surface area contributed by atoms with Crippen LogP contribution in [0.4, 0.5) is 0 Å². The number of nitrogens with two attached hydrogens (primary N) is 2. The largest absolute Gasteiger partial charge is 0.327 e. The molecule has 0 fully saturated rings. The van der Waals surface area contributed by atoms with Crippen LogP contribution < -0.4 is 16.8 Å². The first-order valence-electron chi connectivity index (χ1n) is 10.4. The molecule has 3 nitrogen and oxygen atoms in total. The Morgan fingerprint density at radius 2 is 1.04 bits per heavy atom. The van der Waals surface area contributed by atoms with Crippen molar-refractivity contribution in [3.8, 4) is 0 Å². The molecule has 2 unspecified atom stereocenters. The minimum Gasteiger partial charge on any atom is -0.327 e. The highest BCUT2D eigenvalue weighted by Gasteiger charge is 2.06. The Bertz CT molecular complexity index is 221. The molecule has 0 aliphatic carbocycles. The summed E-state index contributed by atoms with van der Waals surface area (Å²) in [5, 5.41) is 3.41. The molecule has 0 aliphatic heterocycles. The lowest BCUT2D eigenvalue weighted by atomic mass is 10.1. The Balaban J connectivity index is 3.31. The molecule has 3 heteroatoms. The zero-order chi connectivity index (χ0) is 17.2. The smallest absolute Gasteiger partial charge is 0.0546 e. The zero-order valence-electron chi connectivity index (χ0n) is 16.1. The standard InChI is InChI=1S/C20H45N3/c1-3-5-7-9-11-13-15-17-20(22)23-18-19(21)16-14-12-10-8-6-4-2/h19-20,23H,3-18,21-22H2,1-2H3. The van der Waals surface area contributed by atoms with E-state index in [2.05, 4.69) is 19.2 Å². The Kier molecular flexibility index (Phi) is 18.1. The van der Waals surface area contributed by atoms with Crippen LogP contribution >= 0.6 is 0 Å². The molecule has 140 valence electrons. The molecule has 0 aromatic heterocycles. The molecule has 0 radical (unpaired) electrons. The fraction of sp³-hybridized carbons (Fsp3) is 1.00. The van der Waals surface area contributed by atoms with Crippen molar-refractivity contribution < 1.29 is 0 Å². The third-order valence-electron chi connectivity index (χ3n) is 4.69. The molecule has 0 rings (SSSR count). The van der Waals surface area contributed by atoms with E-state index in [9.17, 15) is 0 Å². The van der Waals surface area contributed by atoms with Crippen molar-refractivity contribution in [3.63, 3.8) is 0 Å². The predicted molar refractivity (Wildman–Crippen MR) is 105 cm³/mol. The van der Waals surface area contributed by atoms with Gasteiger partial charge in [0, 0.05) is 12.6 Å². The lowest BCUT2D eigenvalue weighted by Crippen LogP contribution is -2.44. The molecule has 5 N–H and O–H groups in total. The van der Waals surface area contributed by atoms with Crippen LogP contribution in [0.3, 0.4) is 0 Å². The molecule has 0 amide bonds. The van der Waals surface area contributed by atoms with Crippen LogP contribution in [0.15, 0.2) is 0 Å². The van der Waals surface area contributed by atoms with Gasteiger partial charge < -0.3 is 16.8 Å². The third kappa shape index (κ3) is 18.1. The molecule has 0 aromatic rings. The third-order valence-corrected chi connectivity index (χ3v) is 4.69. The van der Waals surface area contributed by atoms with Gasteiger partial charge in [-0.3, -0.25) is 0 Å². The average molecular weight is 328 g/mol. The lowest BCUT2D eigenvalue weighted by Gasteiger charge is -2.17. The van der Waals surface area contributed by atoms with Gasteiger partial charge in [-0.1, -0.05) is 97.3 Å². The van der Waals surface area contributed by atoms with E-state index in [1.165, 1.54) is 83.5 Å². The summed E-state index contributed by atoms with van der Waals surface area (Å²) in [6, 6.07) is 0.265. The summed E-state index contributed by atoms with van der Waals surface area (Å²) < 4.78 is 0. The average Bonchev–Trinajstić information content (AvgIpc) is 2.55. The number of rotatable bonds is 18. The van der Waals surface area contributed by atoms with E-state index < -0.39 is 0 Å². The Hall–Kier alpha value is -0.120. The Labute approximate surface area is 146 Å². The second kappa shape index (κ2) is 18.2. The monoisotopic (exact) mass is 327 g/mol. The van der Waals surface area contributed by atoms with Gasteiger partial charge in [0.25, 0.3) is 0 Å². The van der Waals surface area contributed by atoms with Crippen LogP contribution in [0.1, 0.15) is 110 Å². The van der Waals surface area contributed by atoms with Crippen molar-refractivity contribution in [2.24, 2.45) is 11.5 Å². The molecule has 0 aliphatic rings. The molecule has 0 spiro atoms. The molecular formula is C20H45N3. The molecule has 0 saturated carbocycles. The van der Waals surface area contributed by atoms with Gasteiger partial charge in [-0.15, -0.1) is 0 Å². The van der Waals surface area contributed by atoms with Crippen LogP contribution in [-0.2, 0) is 0 Å². The summed E-state index contributed by atoms with van der Waals surface area (Å²) in [6.45, 7) is 5.39. The van der Waals surface area contributed by atoms with E-state index >= 15 is 0 Å². The minimum absolute atomic E-state index is 0.126. The van der Waals surface area contributed by atoms with E-state index in [0.717, 1.165) is 19.4 Å². The van der Waals surface area contributed by atoms with E-state index in [1.807, 2.05) is 0 Å². The summed E-state index contributed by atoms with van der Waals surface area (Å²) in [7, 11) is 0. The van der Waals surface area contributed by atoms with Gasteiger partial charge in [0.2, 0.25) is 0 Å². The molecule has 2 atom stereocenters. The first kappa shape index (κ1) is 22.9. The van der Waals surface area contributed by atoms with Crippen molar-refractivity contribution >= 4 is 0 Å². The SMILES string of the molecule is CCCCCCCCCC(N)NCC(N)CCCCCCCC. The Morgan fingerprint density at radius 3 is 1.57 bits per heavy atom. The van der Waals surface area contributed by atoms with Crippen LogP contribution in [0.5, 0.6) is 0 Å². The van der Waals surface area contributed by atoms with Crippen molar-refractivity contribution in [1.29, 1.82) is 0 Å². The summed E-state index contributed by atoms with van der Waals surface area (Å²) >= 11 is 0. The molecule has 23 heavy (non-hydrogen) atoms. The first-order chi connectivity index (χ1) is 11.2. The number of hydrogen-bond donors (Lipinski definition) is 3. The van der Waals surface area contributed by atoms with Gasteiger partial charge in [0.15, 0.2) is 0 Å². The highest BCUT2D eigenvalue weighted by Crippen LogP contribution is 2.09. The van der Waals surface area contributed by atoms with E-state index in [-0.39, 0.29) is 12.2 Å². The van der Waals surface area contributed by atoms with Gasteiger partial charge in [-0.25, -0.2) is 0 Å².